The van der Waals surface area contributed by atoms with E-state index in [0.29, 0.717) is 23.9 Å². The van der Waals surface area contributed by atoms with E-state index >= 15 is 0 Å². The van der Waals surface area contributed by atoms with Crippen LogP contribution in [0, 0.1) is 5.82 Å². The monoisotopic (exact) mass is 389 g/mol. The molecule has 2 aromatic carbocycles. The summed E-state index contributed by atoms with van der Waals surface area (Å²) in [4.78, 5) is 24.1. The molecule has 1 amide bonds. The van der Waals surface area contributed by atoms with Gasteiger partial charge in [-0.05, 0) is 48.4 Å². The smallest absolute Gasteiger partial charge is 0.349 e. The van der Waals surface area contributed by atoms with Crippen molar-refractivity contribution in [1.29, 1.82) is 0 Å². The second-order valence-electron chi connectivity index (χ2n) is 5.26. The van der Waals surface area contributed by atoms with Gasteiger partial charge in [0.2, 0.25) is 0 Å². The lowest BCUT2D eigenvalue weighted by molar-refractivity contribution is 0.0950. The van der Waals surface area contributed by atoms with Crippen molar-refractivity contribution in [3.8, 4) is 0 Å². The van der Waals surface area contributed by atoms with E-state index in [4.69, 9.17) is 4.42 Å². The van der Waals surface area contributed by atoms with Gasteiger partial charge in [0.1, 0.15) is 17.0 Å². The summed E-state index contributed by atoms with van der Waals surface area (Å²) in [5.41, 5.74) is 0.598. The van der Waals surface area contributed by atoms with Gasteiger partial charge in [0, 0.05) is 16.4 Å². The van der Waals surface area contributed by atoms with Crippen LogP contribution in [0.2, 0.25) is 0 Å². The molecular formula is C18H13BrFNO3. The average Bonchev–Trinajstić information content (AvgIpc) is 2.56. The number of hydrogen-bond acceptors (Lipinski definition) is 3. The fourth-order valence-corrected chi connectivity index (χ4v) is 2.70. The minimum absolute atomic E-state index is 0.0419. The van der Waals surface area contributed by atoms with Gasteiger partial charge in [-0.25, -0.2) is 9.18 Å². The first-order valence-corrected chi connectivity index (χ1v) is 8.08. The number of carbonyl (C=O) groups is 1. The number of carbonyl (C=O) groups excluding carboxylic acids is 1. The maximum absolute atomic E-state index is 12.8. The molecule has 1 aromatic heterocycles. The Bertz CT molecular complexity index is 951. The third-order valence-electron chi connectivity index (χ3n) is 3.55. The van der Waals surface area contributed by atoms with Crippen molar-refractivity contribution in [3.05, 3.63) is 80.4 Å². The fraction of sp³-hybridized carbons (Fsp3) is 0.111. The molecule has 1 N–H and O–H groups in total. The van der Waals surface area contributed by atoms with E-state index in [1.165, 1.54) is 18.2 Å². The van der Waals surface area contributed by atoms with Gasteiger partial charge >= 0.3 is 5.63 Å². The predicted molar refractivity (Wildman–Crippen MR) is 92.6 cm³/mol. The van der Waals surface area contributed by atoms with Crippen molar-refractivity contribution in [3.63, 3.8) is 0 Å². The van der Waals surface area contributed by atoms with Crippen LogP contribution in [0.4, 0.5) is 4.39 Å². The molecule has 3 aromatic rings. The van der Waals surface area contributed by atoms with Crippen LogP contribution < -0.4 is 10.9 Å². The normalized spacial score (nSPS) is 10.8. The summed E-state index contributed by atoms with van der Waals surface area (Å²) in [5.74, 6) is -0.796. The highest BCUT2D eigenvalue weighted by Gasteiger charge is 2.13. The van der Waals surface area contributed by atoms with E-state index in [-0.39, 0.29) is 11.4 Å². The summed E-state index contributed by atoms with van der Waals surface area (Å²) >= 11 is 3.34. The van der Waals surface area contributed by atoms with Gasteiger partial charge in [-0.15, -0.1) is 0 Å². The average molecular weight is 390 g/mol. The van der Waals surface area contributed by atoms with Crippen LogP contribution in [-0.4, -0.2) is 12.5 Å². The zero-order valence-corrected chi connectivity index (χ0v) is 14.1. The van der Waals surface area contributed by atoms with E-state index in [2.05, 4.69) is 21.2 Å². The summed E-state index contributed by atoms with van der Waals surface area (Å²) in [6.07, 6.45) is 0.538. The maximum atomic E-state index is 12.8. The maximum Gasteiger partial charge on any atom is 0.349 e. The van der Waals surface area contributed by atoms with Crippen LogP contribution in [0.15, 0.2) is 62.2 Å². The first-order valence-electron chi connectivity index (χ1n) is 7.29. The van der Waals surface area contributed by atoms with Gasteiger partial charge in [0.05, 0.1) is 0 Å². The Balaban J connectivity index is 1.72. The van der Waals surface area contributed by atoms with Gasteiger partial charge in [-0.3, -0.25) is 4.79 Å². The second-order valence-corrected chi connectivity index (χ2v) is 6.18. The molecular weight excluding hydrogens is 377 g/mol. The fourth-order valence-electron chi connectivity index (χ4n) is 2.32. The van der Waals surface area contributed by atoms with Gasteiger partial charge in [0.15, 0.2) is 0 Å². The van der Waals surface area contributed by atoms with Gasteiger partial charge in [0.25, 0.3) is 5.91 Å². The highest BCUT2D eigenvalue weighted by atomic mass is 79.9. The molecule has 0 aliphatic heterocycles. The summed E-state index contributed by atoms with van der Waals surface area (Å²) in [6.45, 7) is 0.334. The lowest BCUT2D eigenvalue weighted by atomic mass is 10.1. The van der Waals surface area contributed by atoms with Gasteiger partial charge in [-0.2, -0.15) is 0 Å². The molecule has 0 fully saturated rings. The van der Waals surface area contributed by atoms with Crippen LogP contribution >= 0.6 is 15.9 Å². The molecule has 0 aliphatic carbocycles. The first kappa shape index (κ1) is 16.4. The molecule has 6 heteroatoms. The molecule has 0 saturated heterocycles. The van der Waals surface area contributed by atoms with Crippen LogP contribution in [0.1, 0.15) is 15.9 Å². The Labute approximate surface area is 145 Å². The standard InChI is InChI=1S/C18H13BrFNO3/c19-13-3-6-16-12(9-13)10-15(18(23)24-16)17(22)21-8-7-11-1-4-14(20)5-2-11/h1-6,9-10H,7-8H2,(H,21,22). The van der Waals surface area contributed by atoms with Crippen LogP contribution in [0.3, 0.4) is 0 Å². The van der Waals surface area contributed by atoms with Crippen LogP contribution in [-0.2, 0) is 6.42 Å². The SMILES string of the molecule is O=C(NCCc1ccc(F)cc1)c1cc2cc(Br)ccc2oc1=O. The number of hydrogen-bond donors (Lipinski definition) is 1. The number of nitrogens with one attached hydrogen (secondary N) is 1. The zero-order valence-electron chi connectivity index (χ0n) is 12.5. The molecule has 0 atom stereocenters. The minimum Gasteiger partial charge on any atom is -0.422 e. The molecule has 24 heavy (non-hydrogen) atoms. The van der Waals surface area contributed by atoms with Crippen molar-refractivity contribution >= 4 is 32.8 Å². The van der Waals surface area contributed by atoms with E-state index in [1.54, 1.807) is 30.3 Å². The van der Waals surface area contributed by atoms with Crippen molar-refractivity contribution in [2.24, 2.45) is 0 Å². The Morgan fingerprint density at radius 3 is 2.62 bits per heavy atom. The summed E-state index contributed by atoms with van der Waals surface area (Å²) in [6, 6.07) is 12.8. The minimum atomic E-state index is -0.677. The highest BCUT2D eigenvalue weighted by molar-refractivity contribution is 9.10. The third-order valence-corrected chi connectivity index (χ3v) is 4.04. The van der Waals surface area contributed by atoms with Crippen LogP contribution in [0.5, 0.6) is 0 Å². The Kier molecular flexibility index (Phi) is 4.76. The quantitative estimate of drug-likeness (QED) is 0.692. The largest absolute Gasteiger partial charge is 0.422 e. The summed E-state index contributed by atoms with van der Waals surface area (Å²) in [5, 5.41) is 3.34. The Morgan fingerprint density at radius 1 is 1.12 bits per heavy atom. The van der Waals surface area contributed by atoms with Crippen molar-refractivity contribution in [1.82, 2.24) is 5.32 Å². The van der Waals surface area contributed by atoms with Gasteiger partial charge < -0.3 is 9.73 Å². The second kappa shape index (κ2) is 6.97. The molecule has 0 spiro atoms. The number of amides is 1. The first-order chi connectivity index (χ1) is 11.5. The molecule has 0 bridgehead atoms. The number of fused-ring (bicyclic) bond motifs is 1. The lowest BCUT2D eigenvalue weighted by Gasteiger charge is -2.06. The van der Waals surface area contributed by atoms with E-state index in [9.17, 15) is 14.0 Å². The van der Waals surface area contributed by atoms with E-state index in [1.807, 2.05) is 0 Å². The molecule has 4 nitrogen and oxygen atoms in total. The Morgan fingerprint density at radius 2 is 1.88 bits per heavy atom. The van der Waals surface area contributed by atoms with E-state index < -0.39 is 11.5 Å². The summed E-state index contributed by atoms with van der Waals surface area (Å²) < 4.78 is 18.8. The van der Waals surface area contributed by atoms with E-state index in [0.717, 1.165) is 10.0 Å². The zero-order chi connectivity index (χ0) is 17.1. The van der Waals surface area contributed by atoms with Crippen molar-refractivity contribution in [2.75, 3.05) is 6.54 Å². The Hall–Kier alpha value is -2.47. The van der Waals surface area contributed by atoms with Gasteiger partial charge in [-0.1, -0.05) is 28.1 Å². The molecule has 0 aliphatic rings. The third kappa shape index (κ3) is 3.71. The molecule has 0 saturated carbocycles. The van der Waals surface area contributed by atoms with Crippen molar-refractivity contribution < 1.29 is 13.6 Å². The topological polar surface area (TPSA) is 59.3 Å². The molecule has 1 heterocycles. The highest BCUT2D eigenvalue weighted by Crippen LogP contribution is 2.19. The number of halogens is 2. The van der Waals surface area contributed by atoms with Crippen molar-refractivity contribution in [2.45, 2.75) is 6.42 Å². The summed E-state index contributed by atoms with van der Waals surface area (Å²) in [7, 11) is 0. The number of rotatable bonds is 4. The van der Waals surface area contributed by atoms with Crippen LogP contribution in [0.25, 0.3) is 11.0 Å². The molecule has 3 rings (SSSR count). The molecule has 122 valence electrons. The number of benzene rings is 2. The predicted octanol–water partition coefficient (Wildman–Crippen LogP) is 3.67. The molecule has 0 radical (unpaired) electrons. The molecule has 0 unspecified atom stereocenters. The lowest BCUT2D eigenvalue weighted by Crippen LogP contribution is -2.29.